The Morgan fingerprint density at radius 3 is 1.74 bits per heavy atom. The third-order valence-corrected chi connectivity index (χ3v) is 3.64. The standard InChI is InChI=1S/C19H35NO2.K/c1-3-5-7-9-11-13-16-20(18-15-19(21)22)17-14-12-10-8-6-4-2;/h11-14H,3-10,15-18H2,1-2H3,(H,21,22);/q;+1/p-1/b13-11+,14-12+;. The molecular formula is C19H34KNO2. The Balaban J connectivity index is 0. The Kier molecular flexibility index (Phi) is 23.1. The van der Waals surface area contributed by atoms with E-state index in [1.54, 1.807) is 0 Å². The number of rotatable bonds is 15. The molecule has 0 radical (unpaired) electrons. The van der Waals surface area contributed by atoms with Crippen molar-refractivity contribution in [1.82, 2.24) is 4.90 Å². The van der Waals surface area contributed by atoms with Crippen molar-refractivity contribution in [1.29, 1.82) is 0 Å². The summed E-state index contributed by atoms with van der Waals surface area (Å²) >= 11 is 0. The van der Waals surface area contributed by atoms with E-state index in [1.165, 1.54) is 38.5 Å². The molecule has 23 heavy (non-hydrogen) atoms. The molecule has 0 atom stereocenters. The van der Waals surface area contributed by atoms with E-state index in [4.69, 9.17) is 0 Å². The van der Waals surface area contributed by atoms with Crippen molar-refractivity contribution in [3.8, 4) is 0 Å². The molecule has 0 heterocycles. The van der Waals surface area contributed by atoms with Gasteiger partial charge in [0.15, 0.2) is 0 Å². The Morgan fingerprint density at radius 2 is 1.35 bits per heavy atom. The van der Waals surface area contributed by atoms with Gasteiger partial charge in [-0.3, -0.25) is 4.90 Å². The van der Waals surface area contributed by atoms with Crippen molar-refractivity contribution in [3.63, 3.8) is 0 Å². The first-order valence-corrected chi connectivity index (χ1v) is 8.92. The minimum atomic E-state index is -0.969. The number of hydrogen-bond donors (Lipinski definition) is 0. The van der Waals surface area contributed by atoms with Gasteiger partial charge in [-0.05, 0) is 32.1 Å². The van der Waals surface area contributed by atoms with Crippen LogP contribution in [0.4, 0.5) is 0 Å². The average Bonchev–Trinajstić information content (AvgIpc) is 2.50. The smallest absolute Gasteiger partial charge is 0.550 e. The molecule has 3 nitrogen and oxygen atoms in total. The molecule has 0 saturated heterocycles. The van der Waals surface area contributed by atoms with E-state index >= 15 is 0 Å². The predicted octanol–water partition coefficient (Wildman–Crippen LogP) is 0.705. The van der Waals surface area contributed by atoms with Gasteiger partial charge in [0.25, 0.3) is 0 Å². The second kappa shape index (κ2) is 20.6. The molecule has 0 aromatic rings. The molecule has 4 heteroatoms. The zero-order chi connectivity index (χ0) is 16.5. The molecule has 0 aromatic carbocycles. The maximum Gasteiger partial charge on any atom is 1.00 e. The number of carbonyl (C=O) groups excluding carboxylic acids is 1. The van der Waals surface area contributed by atoms with Crippen LogP contribution in [0.15, 0.2) is 24.3 Å². The molecule has 0 aliphatic carbocycles. The van der Waals surface area contributed by atoms with E-state index in [0.717, 1.165) is 25.9 Å². The SMILES string of the molecule is CCCCC/C=C/CN(C/C=C/CCCCC)CCC(=O)[O-].[K+]. The zero-order valence-electron chi connectivity index (χ0n) is 15.6. The van der Waals surface area contributed by atoms with Crippen LogP contribution in [0, 0.1) is 0 Å². The zero-order valence-corrected chi connectivity index (χ0v) is 18.7. The molecule has 0 saturated carbocycles. The van der Waals surface area contributed by atoms with Crippen LogP contribution in [0.5, 0.6) is 0 Å². The molecule has 0 aliphatic heterocycles. The molecule has 0 aromatic heterocycles. The van der Waals surface area contributed by atoms with Gasteiger partial charge in [0, 0.05) is 25.6 Å². The molecule has 0 spiro atoms. The van der Waals surface area contributed by atoms with Gasteiger partial charge in [-0.15, -0.1) is 0 Å². The quantitative estimate of drug-likeness (QED) is 0.249. The summed E-state index contributed by atoms with van der Waals surface area (Å²) in [4.78, 5) is 12.8. The first-order valence-electron chi connectivity index (χ1n) is 8.92. The van der Waals surface area contributed by atoms with E-state index in [1.807, 2.05) is 0 Å². The van der Waals surface area contributed by atoms with Crippen LogP contribution in [-0.4, -0.2) is 30.5 Å². The van der Waals surface area contributed by atoms with Gasteiger partial charge in [-0.2, -0.15) is 0 Å². The van der Waals surface area contributed by atoms with Crippen molar-refractivity contribution in [2.24, 2.45) is 0 Å². The van der Waals surface area contributed by atoms with Gasteiger partial charge in [-0.25, -0.2) is 0 Å². The van der Waals surface area contributed by atoms with Crippen molar-refractivity contribution < 1.29 is 61.3 Å². The first kappa shape index (κ1) is 25.8. The van der Waals surface area contributed by atoms with Crippen LogP contribution in [0.3, 0.4) is 0 Å². The molecule has 0 amide bonds. The van der Waals surface area contributed by atoms with E-state index in [-0.39, 0.29) is 57.8 Å². The number of nitrogens with zero attached hydrogens (tertiary/aromatic N) is 1. The fourth-order valence-electron chi connectivity index (χ4n) is 2.21. The maximum atomic E-state index is 10.6. The minimum absolute atomic E-state index is 0. The molecule has 0 bridgehead atoms. The summed E-state index contributed by atoms with van der Waals surface area (Å²) < 4.78 is 0. The van der Waals surface area contributed by atoms with Crippen molar-refractivity contribution in [2.45, 2.75) is 71.6 Å². The fourth-order valence-corrected chi connectivity index (χ4v) is 2.21. The van der Waals surface area contributed by atoms with Gasteiger partial charge < -0.3 is 9.90 Å². The second-order valence-electron chi connectivity index (χ2n) is 5.82. The van der Waals surface area contributed by atoms with Crippen LogP contribution >= 0.6 is 0 Å². The van der Waals surface area contributed by atoms with E-state index < -0.39 is 5.97 Å². The summed E-state index contributed by atoms with van der Waals surface area (Å²) in [6.07, 6.45) is 18.6. The molecular weight excluding hydrogens is 313 g/mol. The number of unbranched alkanes of at least 4 members (excludes halogenated alkanes) is 6. The van der Waals surface area contributed by atoms with E-state index in [2.05, 4.69) is 43.1 Å². The normalized spacial score (nSPS) is 11.4. The summed E-state index contributed by atoms with van der Waals surface area (Å²) in [6.45, 7) is 6.61. The maximum absolute atomic E-state index is 10.6. The van der Waals surface area contributed by atoms with E-state index in [0.29, 0.717) is 6.54 Å². The van der Waals surface area contributed by atoms with Gasteiger partial charge in [-0.1, -0.05) is 63.8 Å². The van der Waals surface area contributed by atoms with Crippen LogP contribution in [-0.2, 0) is 4.79 Å². The molecule has 0 N–H and O–H groups in total. The fraction of sp³-hybridized carbons (Fsp3) is 0.737. The van der Waals surface area contributed by atoms with Crippen molar-refractivity contribution in [2.75, 3.05) is 19.6 Å². The van der Waals surface area contributed by atoms with Crippen molar-refractivity contribution in [3.05, 3.63) is 24.3 Å². The Bertz CT molecular complexity index is 294. The van der Waals surface area contributed by atoms with Crippen molar-refractivity contribution >= 4 is 5.97 Å². The van der Waals surface area contributed by atoms with Gasteiger partial charge >= 0.3 is 51.4 Å². The monoisotopic (exact) mass is 347 g/mol. The topological polar surface area (TPSA) is 43.4 Å². The minimum Gasteiger partial charge on any atom is -0.550 e. The van der Waals surface area contributed by atoms with Crippen LogP contribution in [0.1, 0.15) is 71.6 Å². The summed E-state index contributed by atoms with van der Waals surface area (Å²) in [7, 11) is 0. The molecule has 0 rings (SSSR count). The third-order valence-electron chi connectivity index (χ3n) is 3.64. The van der Waals surface area contributed by atoms with Gasteiger partial charge in [0.05, 0.1) is 0 Å². The molecule has 0 unspecified atom stereocenters. The summed E-state index contributed by atoms with van der Waals surface area (Å²) in [5.74, 6) is -0.969. The summed E-state index contributed by atoms with van der Waals surface area (Å²) in [5, 5.41) is 10.6. The Hall–Kier alpha value is 0.546. The van der Waals surface area contributed by atoms with Gasteiger partial charge in [0.1, 0.15) is 0 Å². The second-order valence-corrected chi connectivity index (χ2v) is 5.82. The van der Waals surface area contributed by atoms with Crippen LogP contribution in [0.25, 0.3) is 0 Å². The van der Waals surface area contributed by atoms with Crippen LogP contribution in [0.2, 0.25) is 0 Å². The number of allylic oxidation sites excluding steroid dienone is 2. The Morgan fingerprint density at radius 1 is 0.870 bits per heavy atom. The number of carboxylic acids is 1. The molecule has 0 fully saturated rings. The summed E-state index contributed by atoms with van der Waals surface area (Å²) in [5.41, 5.74) is 0. The first-order chi connectivity index (χ1) is 10.7. The molecule has 128 valence electrons. The van der Waals surface area contributed by atoms with E-state index in [9.17, 15) is 9.90 Å². The summed E-state index contributed by atoms with van der Waals surface area (Å²) in [6, 6.07) is 0. The number of hydrogen-bond acceptors (Lipinski definition) is 3. The van der Waals surface area contributed by atoms with Gasteiger partial charge in [0.2, 0.25) is 0 Å². The largest absolute Gasteiger partial charge is 1.00 e. The molecule has 0 aliphatic rings. The average molecular weight is 348 g/mol. The number of aliphatic carboxylic acids is 1. The Labute approximate surface area is 186 Å². The number of carboxylic acid groups (broad SMARTS) is 1. The third kappa shape index (κ3) is 20.5. The number of carbonyl (C=O) groups is 1. The predicted molar refractivity (Wildman–Crippen MR) is 92.6 cm³/mol. The van der Waals surface area contributed by atoms with Crippen LogP contribution < -0.4 is 56.5 Å².